The van der Waals surface area contributed by atoms with Crippen molar-refractivity contribution in [3.05, 3.63) is 0 Å². The highest BCUT2D eigenvalue weighted by Gasteiger charge is 2.41. The van der Waals surface area contributed by atoms with E-state index in [4.69, 9.17) is 4.74 Å². The fraction of sp³-hybridized carbons (Fsp3) is 0.882. The van der Waals surface area contributed by atoms with E-state index in [-0.39, 0.29) is 17.7 Å². The predicted octanol–water partition coefficient (Wildman–Crippen LogP) is 0.472. The molecule has 6 nitrogen and oxygen atoms in total. The highest BCUT2D eigenvalue weighted by molar-refractivity contribution is 5.89. The van der Waals surface area contributed by atoms with Crippen LogP contribution in [0.1, 0.15) is 32.1 Å². The van der Waals surface area contributed by atoms with Crippen molar-refractivity contribution in [3.63, 3.8) is 0 Å². The van der Waals surface area contributed by atoms with Crippen molar-refractivity contribution < 1.29 is 14.3 Å². The van der Waals surface area contributed by atoms with Gasteiger partial charge in [-0.15, -0.1) is 0 Å². The number of hydrogen-bond donors (Lipinski definition) is 1. The van der Waals surface area contributed by atoms with Crippen molar-refractivity contribution in [2.24, 2.45) is 11.8 Å². The molecule has 6 heteroatoms. The average Bonchev–Trinajstić information content (AvgIpc) is 3.33. The minimum absolute atomic E-state index is 0.0725. The molecule has 23 heavy (non-hydrogen) atoms. The summed E-state index contributed by atoms with van der Waals surface area (Å²) in [4.78, 5) is 28.6. The van der Waals surface area contributed by atoms with Gasteiger partial charge in [0.1, 0.15) is 0 Å². The van der Waals surface area contributed by atoms with Crippen molar-refractivity contribution in [1.29, 1.82) is 0 Å². The Morgan fingerprint density at radius 1 is 1.26 bits per heavy atom. The van der Waals surface area contributed by atoms with Crippen LogP contribution in [0.25, 0.3) is 0 Å². The molecule has 2 amide bonds. The molecule has 3 fully saturated rings. The van der Waals surface area contributed by atoms with Crippen LogP contribution in [0.15, 0.2) is 0 Å². The zero-order chi connectivity index (χ0) is 16.2. The van der Waals surface area contributed by atoms with Crippen LogP contribution in [0.4, 0.5) is 0 Å². The van der Waals surface area contributed by atoms with Crippen LogP contribution in [-0.2, 0) is 14.3 Å². The van der Waals surface area contributed by atoms with Crippen LogP contribution < -0.4 is 5.32 Å². The first-order valence-electron chi connectivity index (χ1n) is 8.96. The van der Waals surface area contributed by atoms with Crippen LogP contribution in [0.5, 0.6) is 0 Å². The number of carbonyl (C=O) groups excluding carboxylic acids is 2. The third-order valence-corrected chi connectivity index (χ3v) is 5.40. The van der Waals surface area contributed by atoms with Crippen LogP contribution >= 0.6 is 0 Å². The molecule has 2 saturated heterocycles. The molecular formula is C17H29N3O3. The molecule has 1 saturated carbocycles. The van der Waals surface area contributed by atoms with Gasteiger partial charge in [0.15, 0.2) is 0 Å². The Kier molecular flexibility index (Phi) is 5.54. The molecule has 0 spiro atoms. The van der Waals surface area contributed by atoms with Gasteiger partial charge in [0.25, 0.3) is 0 Å². The van der Waals surface area contributed by atoms with Crippen LogP contribution in [0.2, 0.25) is 0 Å². The maximum Gasteiger partial charge on any atom is 0.225 e. The summed E-state index contributed by atoms with van der Waals surface area (Å²) in [5.74, 6) is 0.668. The number of nitrogens with one attached hydrogen (secondary N) is 1. The predicted molar refractivity (Wildman–Crippen MR) is 86.9 cm³/mol. The van der Waals surface area contributed by atoms with Gasteiger partial charge in [-0.05, 0) is 44.7 Å². The quantitative estimate of drug-likeness (QED) is 0.740. The first kappa shape index (κ1) is 16.7. The average molecular weight is 323 g/mol. The third-order valence-electron chi connectivity index (χ3n) is 5.40. The van der Waals surface area contributed by atoms with Crippen LogP contribution in [0, 0.1) is 11.8 Å². The fourth-order valence-corrected chi connectivity index (χ4v) is 3.67. The van der Waals surface area contributed by atoms with Crippen molar-refractivity contribution >= 4 is 11.8 Å². The Morgan fingerprint density at radius 3 is 2.65 bits per heavy atom. The van der Waals surface area contributed by atoms with Gasteiger partial charge in [-0.3, -0.25) is 9.59 Å². The van der Waals surface area contributed by atoms with E-state index in [0.29, 0.717) is 24.9 Å². The standard InChI is InChI=1S/C17H29N3O3/c1-23-9-8-19-6-4-13(5-7-19)11-18-17(22)14-10-16(21)20(12-14)15-2-3-15/h13-15H,2-12H2,1H3,(H,18,22)/t14-/m0/s1. The van der Waals surface area contributed by atoms with E-state index in [2.05, 4.69) is 10.2 Å². The van der Waals surface area contributed by atoms with E-state index in [0.717, 1.165) is 58.5 Å². The molecule has 0 unspecified atom stereocenters. The van der Waals surface area contributed by atoms with E-state index in [9.17, 15) is 9.59 Å². The first-order chi connectivity index (χ1) is 11.2. The van der Waals surface area contributed by atoms with E-state index in [1.165, 1.54) is 0 Å². The maximum atomic E-state index is 12.3. The number of likely N-dealkylation sites (tertiary alicyclic amines) is 2. The molecular weight excluding hydrogens is 294 g/mol. The minimum atomic E-state index is -0.134. The Hall–Kier alpha value is -1.14. The molecule has 0 bridgehead atoms. The number of ether oxygens (including phenoxy) is 1. The summed E-state index contributed by atoms with van der Waals surface area (Å²) >= 11 is 0. The number of rotatable bonds is 7. The zero-order valence-electron chi connectivity index (χ0n) is 14.1. The lowest BCUT2D eigenvalue weighted by Crippen LogP contribution is -2.41. The third kappa shape index (κ3) is 4.44. The van der Waals surface area contributed by atoms with E-state index in [1.807, 2.05) is 4.90 Å². The lowest BCUT2D eigenvalue weighted by molar-refractivity contribution is -0.129. The summed E-state index contributed by atoms with van der Waals surface area (Å²) in [5.41, 5.74) is 0. The molecule has 2 heterocycles. The van der Waals surface area contributed by atoms with Crippen LogP contribution in [0.3, 0.4) is 0 Å². The van der Waals surface area contributed by atoms with Gasteiger partial charge in [0.05, 0.1) is 12.5 Å². The SMILES string of the molecule is COCCN1CCC(CNC(=O)[C@H]2CC(=O)N(C3CC3)C2)CC1. The van der Waals surface area contributed by atoms with Crippen molar-refractivity contribution in [3.8, 4) is 0 Å². The summed E-state index contributed by atoms with van der Waals surface area (Å²) < 4.78 is 5.12. The largest absolute Gasteiger partial charge is 0.383 e. The summed E-state index contributed by atoms with van der Waals surface area (Å²) in [7, 11) is 1.74. The molecule has 2 aliphatic heterocycles. The van der Waals surface area contributed by atoms with E-state index in [1.54, 1.807) is 7.11 Å². The minimum Gasteiger partial charge on any atom is -0.383 e. The first-order valence-corrected chi connectivity index (χ1v) is 8.96. The van der Waals surface area contributed by atoms with Gasteiger partial charge in [-0.25, -0.2) is 0 Å². The Morgan fingerprint density at radius 2 is 2.00 bits per heavy atom. The van der Waals surface area contributed by atoms with Crippen LogP contribution in [-0.4, -0.2) is 74.1 Å². The summed E-state index contributed by atoms with van der Waals surface area (Å²) in [6.45, 7) is 5.34. The van der Waals surface area contributed by atoms with Crippen molar-refractivity contribution in [2.75, 3.05) is 46.4 Å². The molecule has 0 aromatic rings. The van der Waals surface area contributed by atoms with E-state index >= 15 is 0 Å². The Bertz CT molecular complexity index is 431. The van der Waals surface area contributed by atoms with Gasteiger partial charge in [-0.2, -0.15) is 0 Å². The lowest BCUT2D eigenvalue weighted by atomic mass is 9.96. The number of nitrogens with zero attached hydrogens (tertiary/aromatic N) is 2. The van der Waals surface area contributed by atoms with Gasteiger partial charge >= 0.3 is 0 Å². The van der Waals surface area contributed by atoms with Gasteiger partial charge in [0, 0.05) is 39.2 Å². The summed E-state index contributed by atoms with van der Waals surface area (Å²) in [6, 6.07) is 0.428. The molecule has 0 radical (unpaired) electrons. The number of amides is 2. The molecule has 3 rings (SSSR count). The molecule has 1 atom stereocenters. The summed E-state index contributed by atoms with van der Waals surface area (Å²) in [5, 5.41) is 3.09. The second-order valence-electron chi connectivity index (χ2n) is 7.20. The monoisotopic (exact) mass is 323 g/mol. The highest BCUT2D eigenvalue weighted by atomic mass is 16.5. The molecule has 0 aromatic heterocycles. The Labute approximate surface area is 138 Å². The van der Waals surface area contributed by atoms with Crippen molar-refractivity contribution in [1.82, 2.24) is 15.1 Å². The molecule has 1 aliphatic carbocycles. The number of methoxy groups -OCH3 is 1. The molecule has 0 aromatic carbocycles. The smallest absolute Gasteiger partial charge is 0.225 e. The molecule has 130 valence electrons. The lowest BCUT2D eigenvalue weighted by Gasteiger charge is -2.31. The highest BCUT2D eigenvalue weighted by Crippen LogP contribution is 2.32. The van der Waals surface area contributed by atoms with Crippen molar-refractivity contribution in [2.45, 2.75) is 38.1 Å². The topological polar surface area (TPSA) is 61.9 Å². The second-order valence-corrected chi connectivity index (χ2v) is 7.20. The Balaban J connectivity index is 1.34. The molecule has 3 aliphatic rings. The van der Waals surface area contributed by atoms with Gasteiger partial charge in [0.2, 0.25) is 11.8 Å². The molecule has 1 N–H and O–H groups in total. The maximum absolute atomic E-state index is 12.3. The zero-order valence-corrected chi connectivity index (χ0v) is 14.1. The number of carbonyl (C=O) groups is 2. The second kappa shape index (κ2) is 7.62. The summed E-state index contributed by atoms with van der Waals surface area (Å²) in [6.07, 6.45) is 4.88. The van der Waals surface area contributed by atoms with Gasteiger partial charge in [-0.1, -0.05) is 0 Å². The fourth-order valence-electron chi connectivity index (χ4n) is 3.67. The number of piperidine rings is 1. The number of hydrogen-bond acceptors (Lipinski definition) is 4. The van der Waals surface area contributed by atoms with E-state index < -0.39 is 0 Å². The normalized spacial score (nSPS) is 26.7. The van der Waals surface area contributed by atoms with Gasteiger partial charge < -0.3 is 19.9 Å².